The van der Waals surface area contributed by atoms with Gasteiger partial charge in [0.1, 0.15) is 5.60 Å². The Morgan fingerprint density at radius 2 is 1.90 bits per heavy atom. The van der Waals surface area contributed by atoms with E-state index in [0.717, 1.165) is 9.13 Å². The Labute approximate surface area is 131 Å². The van der Waals surface area contributed by atoms with Crippen LogP contribution in [0.2, 0.25) is 0 Å². The maximum Gasteiger partial charge on any atom is 0.421 e. The van der Waals surface area contributed by atoms with Crippen molar-refractivity contribution in [1.82, 2.24) is 9.55 Å². The van der Waals surface area contributed by atoms with Crippen molar-refractivity contribution in [2.75, 3.05) is 5.73 Å². The highest BCUT2D eigenvalue weighted by Gasteiger charge is 2.22. The zero-order valence-corrected chi connectivity index (χ0v) is 13.7. The minimum absolute atomic E-state index is 0.118. The lowest BCUT2D eigenvalue weighted by molar-refractivity contribution is 0.0543. The van der Waals surface area contributed by atoms with Crippen molar-refractivity contribution in [2.45, 2.75) is 26.4 Å². The molecule has 6 heteroatoms. The SMILES string of the molecule is CC(C)(C)OC(=O)n1c(-c2ccc(I)cc2)cnc1N. The number of carbonyl (C=O) groups excluding carboxylic acids is 1. The van der Waals surface area contributed by atoms with Crippen LogP contribution < -0.4 is 5.73 Å². The van der Waals surface area contributed by atoms with Gasteiger partial charge in [-0.3, -0.25) is 0 Å². The molecule has 20 heavy (non-hydrogen) atoms. The number of hydrogen-bond donors (Lipinski definition) is 1. The fourth-order valence-corrected chi connectivity index (χ4v) is 2.05. The number of nitrogens with zero attached hydrogens (tertiary/aromatic N) is 2. The quantitative estimate of drug-likeness (QED) is 0.763. The second-order valence-electron chi connectivity index (χ2n) is 5.32. The molecule has 0 spiro atoms. The van der Waals surface area contributed by atoms with Crippen molar-refractivity contribution in [3.05, 3.63) is 34.0 Å². The average molecular weight is 385 g/mol. The molecule has 2 aromatic rings. The van der Waals surface area contributed by atoms with Gasteiger partial charge in [0.15, 0.2) is 0 Å². The Balaban J connectivity index is 2.42. The molecule has 0 atom stereocenters. The molecule has 0 aliphatic rings. The van der Waals surface area contributed by atoms with Crippen LogP contribution in [0.5, 0.6) is 0 Å². The number of nitrogen functional groups attached to an aromatic ring is 1. The number of rotatable bonds is 1. The molecule has 0 amide bonds. The molecule has 0 bridgehead atoms. The zero-order valence-electron chi connectivity index (χ0n) is 11.6. The van der Waals surface area contributed by atoms with Crippen molar-refractivity contribution in [3.8, 4) is 11.3 Å². The molecule has 0 radical (unpaired) electrons. The Kier molecular flexibility index (Phi) is 4.03. The summed E-state index contributed by atoms with van der Waals surface area (Å²) in [6.45, 7) is 5.42. The summed E-state index contributed by atoms with van der Waals surface area (Å²) in [5, 5.41) is 0. The number of nitrogens with two attached hydrogens (primary N) is 1. The van der Waals surface area contributed by atoms with Crippen LogP contribution in [-0.2, 0) is 4.74 Å². The second kappa shape index (κ2) is 5.43. The molecule has 1 heterocycles. The van der Waals surface area contributed by atoms with E-state index in [2.05, 4.69) is 27.6 Å². The van der Waals surface area contributed by atoms with Crippen molar-refractivity contribution < 1.29 is 9.53 Å². The van der Waals surface area contributed by atoms with Gasteiger partial charge in [-0.2, -0.15) is 0 Å². The van der Waals surface area contributed by atoms with Crippen LogP contribution in [0.1, 0.15) is 20.8 Å². The number of carbonyl (C=O) groups is 1. The predicted molar refractivity (Wildman–Crippen MR) is 86.4 cm³/mol. The molecule has 5 nitrogen and oxygen atoms in total. The maximum absolute atomic E-state index is 12.2. The lowest BCUT2D eigenvalue weighted by Gasteiger charge is -2.20. The topological polar surface area (TPSA) is 70.1 Å². The summed E-state index contributed by atoms with van der Waals surface area (Å²) in [4.78, 5) is 16.2. The number of hydrogen-bond acceptors (Lipinski definition) is 4. The van der Waals surface area contributed by atoms with E-state index in [1.807, 2.05) is 45.0 Å². The fourth-order valence-electron chi connectivity index (χ4n) is 1.69. The molecule has 2 N–H and O–H groups in total. The number of halogens is 1. The second-order valence-corrected chi connectivity index (χ2v) is 6.57. The molecule has 0 unspecified atom stereocenters. The standard InChI is InChI=1S/C14H16IN3O2/c1-14(2,3)20-13(19)18-11(8-17-12(18)16)9-4-6-10(15)7-5-9/h4-8H,1-3H3,(H2,16,17). The van der Waals surface area contributed by atoms with Crippen LogP contribution in [0.25, 0.3) is 11.3 Å². The van der Waals surface area contributed by atoms with E-state index in [-0.39, 0.29) is 5.95 Å². The number of imidazole rings is 1. The Morgan fingerprint density at radius 1 is 1.30 bits per heavy atom. The minimum Gasteiger partial charge on any atom is -0.443 e. The van der Waals surface area contributed by atoms with Gasteiger partial charge in [0.2, 0.25) is 5.95 Å². The molecule has 0 aliphatic heterocycles. The summed E-state index contributed by atoms with van der Waals surface area (Å²) in [6.07, 6.45) is 1.04. The van der Waals surface area contributed by atoms with Gasteiger partial charge in [-0.1, -0.05) is 12.1 Å². The molecule has 106 valence electrons. The first-order valence-electron chi connectivity index (χ1n) is 6.10. The van der Waals surface area contributed by atoms with Crippen LogP contribution in [0, 0.1) is 3.57 Å². The van der Waals surface area contributed by atoms with Crippen LogP contribution in [0.3, 0.4) is 0 Å². The molecule has 2 rings (SSSR count). The molecule has 0 aliphatic carbocycles. The van der Waals surface area contributed by atoms with Gasteiger partial charge in [0.25, 0.3) is 0 Å². The van der Waals surface area contributed by atoms with Gasteiger partial charge >= 0.3 is 6.09 Å². The number of benzene rings is 1. The van der Waals surface area contributed by atoms with Crippen molar-refractivity contribution >= 4 is 34.6 Å². The normalized spacial score (nSPS) is 11.4. The fraction of sp³-hybridized carbons (Fsp3) is 0.286. The van der Waals surface area contributed by atoms with Crippen molar-refractivity contribution in [2.24, 2.45) is 0 Å². The number of ether oxygens (including phenoxy) is 1. The molecule has 1 aromatic heterocycles. The van der Waals surface area contributed by atoms with Gasteiger partial charge in [-0.25, -0.2) is 14.3 Å². The van der Waals surface area contributed by atoms with E-state index >= 15 is 0 Å². The van der Waals surface area contributed by atoms with Gasteiger partial charge in [0, 0.05) is 9.13 Å². The van der Waals surface area contributed by atoms with Crippen LogP contribution in [-0.4, -0.2) is 21.2 Å². The maximum atomic E-state index is 12.2. The Hall–Kier alpha value is -1.57. The Morgan fingerprint density at radius 3 is 2.45 bits per heavy atom. The molecule has 1 aromatic carbocycles. The summed E-state index contributed by atoms with van der Waals surface area (Å²) in [6, 6.07) is 7.75. The molecular weight excluding hydrogens is 369 g/mol. The molecule has 0 fully saturated rings. The monoisotopic (exact) mass is 385 g/mol. The van der Waals surface area contributed by atoms with E-state index in [4.69, 9.17) is 10.5 Å². The van der Waals surface area contributed by atoms with E-state index < -0.39 is 11.7 Å². The summed E-state index contributed by atoms with van der Waals surface area (Å²) in [5.74, 6) is 0.118. The smallest absolute Gasteiger partial charge is 0.421 e. The first-order valence-corrected chi connectivity index (χ1v) is 7.18. The minimum atomic E-state index is -0.586. The number of aromatic nitrogens is 2. The first-order chi connectivity index (χ1) is 9.28. The summed E-state index contributed by atoms with van der Waals surface area (Å²) in [5.41, 5.74) is 6.67. The largest absolute Gasteiger partial charge is 0.443 e. The lowest BCUT2D eigenvalue weighted by atomic mass is 10.2. The zero-order chi connectivity index (χ0) is 14.9. The summed E-state index contributed by atoms with van der Waals surface area (Å²) < 4.78 is 7.75. The third-order valence-corrected chi connectivity index (χ3v) is 3.22. The highest BCUT2D eigenvalue weighted by atomic mass is 127. The van der Waals surface area contributed by atoms with Gasteiger partial charge in [0.05, 0.1) is 11.9 Å². The molecular formula is C14H16IN3O2. The van der Waals surface area contributed by atoms with E-state index in [9.17, 15) is 4.79 Å². The predicted octanol–water partition coefficient (Wildman–Crippen LogP) is 3.52. The van der Waals surface area contributed by atoms with Crippen molar-refractivity contribution in [3.63, 3.8) is 0 Å². The van der Waals surface area contributed by atoms with E-state index in [1.54, 1.807) is 6.20 Å². The highest BCUT2D eigenvalue weighted by molar-refractivity contribution is 14.1. The highest BCUT2D eigenvalue weighted by Crippen LogP contribution is 2.24. The average Bonchev–Trinajstić information content (AvgIpc) is 2.70. The van der Waals surface area contributed by atoms with E-state index in [1.165, 1.54) is 4.57 Å². The third-order valence-electron chi connectivity index (χ3n) is 2.51. The van der Waals surface area contributed by atoms with Gasteiger partial charge in [-0.15, -0.1) is 0 Å². The molecule has 0 saturated carbocycles. The van der Waals surface area contributed by atoms with Gasteiger partial charge < -0.3 is 10.5 Å². The lowest BCUT2D eigenvalue weighted by Crippen LogP contribution is -2.28. The van der Waals surface area contributed by atoms with Crippen LogP contribution in [0.15, 0.2) is 30.5 Å². The molecule has 0 saturated heterocycles. The summed E-state index contributed by atoms with van der Waals surface area (Å²) >= 11 is 2.22. The van der Waals surface area contributed by atoms with Gasteiger partial charge in [-0.05, 0) is 55.5 Å². The summed E-state index contributed by atoms with van der Waals surface area (Å²) in [7, 11) is 0. The van der Waals surface area contributed by atoms with Crippen LogP contribution >= 0.6 is 22.6 Å². The van der Waals surface area contributed by atoms with Crippen LogP contribution in [0.4, 0.5) is 10.7 Å². The number of anilines is 1. The Bertz CT molecular complexity index is 627. The first kappa shape index (κ1) is 14.8. The van der Waals surface area contributed by atoms with E-state index in [0.29, 0.717) is 5.69 Å². The van der Waals surface area contributed by atoms with Crippen molar-refractivity contribution in [1.29, 1.82) is 0 Å². The third kappa shape index (κ3) is 3.30.